The monoisotopic (exact) mass is 290 g/mol. The van der Waals surface area contributed by atoms with Crippen molar-refractivity contribution in [1.29, 1.82) is 0 Å². The van der Waals surface area contributed by atoms with Crippen molar-refractivity contribution >= 4 is 0 Å². The lowest BCUT2D eigenvalue weighted by atomic mass is 9.85. The molecule has 0 saturated carbocycles. The summed E-state index contributed by atoms with van der Waals surface area (Å²) in [7, 11) is 1.59. The highest BCUT2D eigenvalue weighted by atomic mass is 16.5. The van der Waals surface area contributed by atoms with Gasteiger partial charge >= 0.3 is 0 Å². The molecule has 114 valence electrons. The van der Waals surface area contributed by atoms with Crippen LogP contribution in [0, 0.1) is 5.41 Å². The molecule has 2 rings (SSSR count). The van der Waals surface area contributed by atoms with Gasteiger partial charge in [-0.15, -0.1) is 0 Å². The van der Waals surface area contributed by atoms with Crippen LogP contribution in [-0.2, 0) is 12.8 Å². The second-order valence-electron chi connectivity index (χ2n) is 6.17. The van der Waals surface area contributed by atoms with Crippen LogP contribution in [0.5, 0.6) is 5.88 Å². The van der Waals surface area contributed by atoms with Crippen molar-refractivity contribution < 1.29 is 9.26 Å². The molecule has 0 spiro atoms. The van der Waals surface area contributed by atoms with Gasteiger partial charge in [0.1, 0.15) is 0 Å². The predicted molar refractivity (Wildman–Crippen MR) is 79.0 cm³/mol. The van der Waals surface area contributed by atoms with Crippen LogP contribution in [0.4, 0.5) is 0 Å². The second-order valence-corrected chi connectivity index (χ2v) is 6.17. The highest BCUT2D eigenvalue weighted by molar-refractivity contribution is 5.20. The maximum absolute atomic E-state index is 6.12. The lowest BCUT2D eigenvalue weighted by Gasteiger charge is -2.25. The number of rotatable bonds is 5. The first-order valence-electron chi connectivity index (χ1n) is 6.94. The van der Waals surface area contributed by atoms with Gasteiger partial charge in [-0.2, -0.15) is 4.98 Å². The molecule has 2 aromatic rings. The fourth-order valence-corrected chi connectivity index (χ4v) is 1.76. The van der Waals surface area contributed by atoms with Crippen LogP contribution in [0.15, 0.2) is 22.9 Å². The molecular weight excluding hydrogens is 268 g/mol. The number of nitrogens with zero attached hydrogens (tertiary/aromatic N) is 3. The minimum atomic E-state index is -0.0200. The number of pyridine rings is 1. The minimum Gasteiger partial charge on any atom is -0.481 e. The van der Waals surface area contributed by atoms with Gasteiger partial charge in [-0.25, -0.2) is 4.98 Å². The average molecular weight is 290 g/mol. The van der Waals surface area contributed by atoms with Gasteiger partial charge in [-0.3, -0.25) is 0 Å². The summed E-state index contributed by atoms with van der Waals surface area (Å²) < 4.78 is 10.3. The van der Waals surface area contributed by atoms with E-state index >= 15 is 0 Å². The van der Waals surface area contributed by atoms with Crippen LogP contribution in [-0.4, -0.2) is 28.3 Å². The number of methoxy groups -OCH3 is 1. The molecule has 6 heteroatoms. The number of hydrogen-bond acceptors (Lipinski definition) is 6. The van der Waals surface area contributed by atoms with E-state index in [4.69, 9.17) is 15.0 Å². The van der Waals surface area contributed by atoms with E-state index < -0.39 is 0 Å². The third-order valence-corrected chi connectivity index (χ3v) is 3.39. The van der Waals surface area contributed by atoms with Crippen LogP contribution < -0.4 is 10.5 Å². The van der Waals surface area contributed by atoms with Crippen molar-refractivity contribution in [1.82, 2.24) is 15.1 Å². The van der Waals surface area contributed by atoms with E-state index in [0.29, 0.717) is 30.4 Å². The summed E-state index contributed by atoms with van der Waals surface area (Å²) in [5.74, 6) is 1.80. The normalized spacial score (nSPS) is 13.2. The third-order valence-electron chi connectivity index (χ3n) is 3.39. The number of ether oxygens (including phenoxy) is 1. The third kappa shape index (κ3) is 4.26. The van der Waals surface area contributed by atoms with Crippen LogP contribution in [0.25, 0.3) is 0 Å². The standard InChI is InChI=1S/C15H22N4O2/c1-15(2,3)11(16)8-14-18-12(19-21-14)7-10-5-6-13(20-4)17-9-10/h5-6,9,11H,7-8,16H2,1-4H3. The highest BCUT2D eigenvalue weighted by Gasteiger charge is 2.23. The Labute approximate surface area is 124 Å². The quantitative estimate of drug-likeness (QED) is 0.906. The topological polar surface area (TPSA) is 87.1 Å². The molecule has 1 unspecified atom stereocenters. The Kier molecular flexibility index (Phi) is 4.57. The van der Waals surface area contributed by atoms with Crippen molar-refractivity contribution in [3.05, 3.63) is 35.6 Å². The number of aromatic nitrogens is 3. The molecule has 1 atom stereocenters. The lowest BCUT2D eigenvalue weighted by Crippen LogP contribution is -2.37. The van der Waals surface area contributed by atoms with Crippen molar-refractivity contribution in [2.45, 2.75) is 39.7 Å². The van der Waals surface area contributed by atoms with Gasteiger partial charge in [0.25, 0.3) is 0 Å². The summed E-state index contributed by atoms with van der Waals surface area (Å²) in [4.78, 5) is 8.54. The summed E-state index contributed by atoms with van der Waals surface area (Å²) in [5, 5.41) is 3.99. The summed E-state index contributed by atoms with van der Waals surface area (Å²) in [6.07, 6.45) is 2.90. The van der Waals surface area contributed by atoms with Crippen molar-refractivity contribution in [3.8, 4) is 5.88 Å². The molecule has 2 N–H and O–H groups in total. The van der Waals surface area contributed by atoms with Crippen LogP contribution in [0.3, 0.4) is 0 Å². The first-order valence-corrected chi connectivity index (χ1v) is 6.94. The highest BCUT2D eigenvalue weighted by Crippen LogP contribution is 2.20. The van der Waals surface area contributed by atoms with Crippen LogP contribution in [0.2, 0.25) is 0 Å². The fourth-order valence-electron chi connectivity index (χ4n) is 1.76. The maximum Gasteiger partial charge on any atom is 0.228 e. The van der Waals surface area contributed by atoms with Gasteiger partial charge in [0.15, 0.2) is 5.82 Å². The van der Waals surface area contributed by atoms with E-state index in [1.54, 1.807) is 13.3 Å². The van der Waals surface area contributed by atoms with E-state index in [-0.39, 0.29) is 11.5 Å². The molecule has 0 aliphatic rings. The minimum absolute atomic E-state index is 0.00847. The SMILES string of the molecule is COc1ccc(Cc2noc(CC(N)C(C)(C)C)n2)cn1. The molecule has 0 aliphatic carbocycles. The predicted octanol–water partition coefficient (Wildman–Crippen LogP) is 1.98. The van der Waals surface area contributed by atoms with Crippen molar-refractivity contribution in [2.75, 3.05) is 7.11 Å². The molecule has 0 aromatic carbocycles. The Morgan fingerprint density at radius 3 is 2.67 bits per heavy atom. The molecule has 0 amide bonds. The Balaban J connectivity index is 1.99. The molecular formula is C15H22N4O2. The van der Waals surface area contributed by atoms with E-state index in [9.17, 15) is 0 Å². The van der Waals surface area contributed by atoms with Gasteiger partial charge in [0.2, 0.25) is 11.8 Å². The largest absolute Gasteiger partial charge is 0.481 e. The first-order chi connectivity index (χ1) is 9.88. The average Bonchev–Trinajstić information content (AvgIpc) is 2.86. The summed E-state index contributed by atoms with van der Waals surface area (Å²) >= 11 is 0. The van der Waals surface area contributed by atoms with E-state index in [2.05, 4.69) is 35.9 Å². The van der Waals surface area contributed by atoms with Gasteiger partial charge in [-0.05, 0) is 11.0 Å². The molecule has 0 bridgehead atoms. The van der Waals surface area contributed by atoms with Crippen molar-refractivity contribution in [3.63, 3.8) is 0 Å². The maximum atomic E-state index is 6.12. The van der Waals surface area contributed by atoms with E-state index in [0.717, 1.165) is 5.56 Å². The molecule has 0 fully saturated rings. The number of hydrogen-bond donors (Lipinski definition) is 1. The van der Waals surface area contributed by atoms with Crippen LogP contribution in [0.1, 0.15) is 38.0 Å². The molecule has 0 radical (unpaired) electrons. The fraction of sp³-hybridized carbons (Fsp3) is 0.533. The van der Waals surface area contributed by atoms with Crippen LogP contribution >= 0.6 is 0 Å². The zero-order chi connectivity index (χ0) is 15.5. The van der Waals surface area contributed by atoms with Crippen molar-refractivity contribution in [2.24, 2.45) is 11.1 Å². The van der Waals surface area contributed by atoms with Gasteiger partial charge in [0, 0.05) is 31.1 Å². The zero-order valence-electron chi connectivity index (χ0n) is 13.0. The Morgan fingerprint density at radius 1 is 1.33 bits per heavy atom. The Bertz CT molecular complexity index is 572. The molecule has 0 saturated heterocycles. The smallest absolute Gasteiger partial charge is 0.228 e. The molecule has 2 aromatic heterocycles. The van der Waals surface area contributed by atoms with Gasteiger partial charge < -0.3 is 15.0 Å². The van der Waals surface area contributed by atoms with E-state index in [1.165, 1.54) is 0 Å². The van der Waals surface area contributed by atoms with Gasteiger partial charge in [-0.1, -0.05) is 32.0 Å². The molecule has 0 aliphatic heterocycles. The Morgan fingerprint density at radius 2 is 2.10 bits per heavy atom. The molecule has 2 heterocycles. The lowest BCUT2D eigenvalue weighted by molar-refractivity contribution is 0.285. The first kappa shape index (κ1) is 15.4. The zero-order valence-corrected chi connectivity index (χ0v) is 13.0. The van der Waals surface area contributed by atoms with E-state index in [1.807, 2.05) is 12.1 Å². The summed E-state index contributed by atoms with van der Waals surface area (Å²) in [5.41, 5.74) is 7.14. The number of nitrogens with two attached hydrogens (primary N) is 1. The Hall–Kier alpha value is -1.95. The summed E-state index contributed by atoms with van der Waals surface area (Å²) in [6, 6.07) is 3.72. The summed E-state index contributed by atoms with van der Waals surface area (Å²) in [6.45, 7) is 6.29. The van der Waals surface area contributed by atoms with Gasteiger partial charge in [0.05, 0.1) is 7.11 Å². The molecule has 6 nitrogen and oxygen atoms in total. The molecule has 21 heavy (non-hydrogen) atoms. The second kappa shape index (κ2) is 6.22.